The second-order valence-electron chi connectivity index (χ2n) is 2.73. The highest BCUT2D eigenvalue weighted by Gasteiger charge is 2.14. The van der Waals surface area contributed by atoms with E-state index in [2.05, 4.69) is 5.32 Å². The van der Waals surface area contributed by atoms with E-state index in [1.54, 1.807) is 17.5 Å². The standard InChI is InChI=1S/C8H11NO3S2/c1-7(10)9-4-6-14(11,12)8-3-2-5-13-8/h2-3,5H,4,6H2,1H3,(H,9,10). The van der Waals surface area contributed by atoms with E-state index in [1.807, 2.05) is 0 Å². The lowest BCUT2D eigenvalue weighted by molar-refractivity contribution is -0.118. The van der Waals surface area contributed by atoms with E-state index < -0.39 is 9.84 Å². The fraction of sp³-hybridized carbons (Fsp3) is 0.375. The summed E-state index contributed by atoms with van der Waals surface area (Å²) >= 11 is 1.19. The van der Waals surface area contributed by atoms with E-state index >= 15 is 0 Å². The van der Waals surface area contributed by atoms with Gasteiger partial charge in [0.15, 0.2) is 9.84 Å². The number of hydrogen-bond acceptors (Lipinski definition) is 4. The first-order valence-electron chi connectivity index (χ1n) is 4.03. The molecule has 0 aliphatic rings. The Morgan fingerprint density at radius 2 is 2.29 bits per heavy atom. The van der Waals surface area contributed by atoms with Crippen LogP contribution in [0.4, 0.5) is 0 Å². The van der Waals surface area contributed by atoms with Gasteiger partial charge in [-0.15, -0.1) is 11.3 Å². The molecular formula is C8H11NO3S2. The monoisotopic (exact) mass is 233 g/mol. The number of carbonyl (C=O) groups excluding carboxylic acids is 1. The summed E-state index contributed by atoms with van der Waals surface area (Å²) in [5.74, 6) is -0.265. The van der Waals surface area contributed by atoms with Crippen LogP contribution in [-0.2, 0) is 14.6 Å². The second-order valence-corrected chi connectivity index (χ2v) is 6.02. The molecule has 6 heteroatoms. The Morgan fingerprint density at radius 1 is 1.57 bits per heavy atom. The van der Waals surface area contributed by atoms with Gasteiger partial charge in [0.2, 0.25) is 5.91 Å². The smallest absolute Gasteiger partial charge is 0.216 e. The van der Waals surface area contributed by atoms with Crippen LogP contribution in [0.3, 0.4) is 0 Å². The lowest BCUT2D eigenvalue weighted by Gasteiger charge is -2.01. The molecular weight excluding hydrogens is 222 g/mol. The van der Waals surface area contributed by atoms with Crippen molar-refractivity contribution in [3.05, 3.63) is 17.5 Å². The molecule has 1 aromatic rings. The maximum absolute atomic E-state index is 11.5. The first-order chi connectivity index (χ1) is 6.52. The summed E-state index contributed by atoms with van der Waals surface area (Å²) in [5.41, 5.74) is 0. The van der Waals surface area contributed by atoms with E-state index in [0.717, 1.165) is 0 Å². The third kappa shape index (κ3) is 3.12. The van der Waals surface area contributed by atoms with Crippen LogP contribution in [0, 0.1) is 0 Å². The first kappa shape index (κ1) is 11.2. The van der Waals surface area contributed by atoms with Crippen molar-refractivity contribution in [1.82, 2.24) is 5.32 Å². The maximum atomic E-state index is 11.5. The van der Waals surface area contributed by atoms with Gasteiger partial charge in [-0.3, -0.25) is 4.79 Å². The highest BCUT2D eigenvalue weighted by molar-refractivity contribution is 7.93. The Hall–Kier alpha value is -0.880. The van der Waals surface area contributed by atoms with Crippen molar-refractivity contribution in [2.75, 3.05) is 12.3 Å². The molecule has 0 aromatic carbocycles. The Labute approximate surface area is 86.9 Å². The molecule has 0 spiro atoms. The predicted molar refractivity (Wildman–Crippen MR) is 55.1 cm³/mol. The van der Waals surface area contributed by atoms with Crippen LogP contribution in [0.1, 0.15) is 6.92 Å². The minimum absolute atomic E-state index is 0.0485. The van der Waals surface area contributed by atoms with E-state index in [0.29, 0.717) is 4.21 Å². The molecule has 0 bridgehead atoms. The quantitative estimate of drug-likeness (QED) is 0.831. The molecule has 1 rings (SSSR count). The number of carbonyl (C=O) groups is 1. The molecule has 78 valence electrons. The molecule has 0 saturated carbocycles. The average molecular weight is 233 g/mol. The summed E-state index contributed by atoms with van der Waals surface area (Å²) in [7, 11) is -3.21. The Bertz CT molecular complexity index is 394. The summed E-state index contributed by atoms with van der Waals surface area (Å²) < 4.78 is 23.4. The van der Waals surface area contributed by atoms with E-state index in [-0.39, 0.29) is 18.2 Å². The lowest BCUT2D eigenvalue weighted by atomic mass is 10.6. The van der Waals surface area contributed by atoms with Gasteiger partial charge in [-0.2, -0.15) is 0 Å². The molecule has 1 amide bonds. The van der Waals surface area contributed by atoms with Crippen molar-refractivity contribution in [2.45, 2.75) is 11.1 Å². The van der Waals surface area contributed by atoms with Crippen LogP contribution in [0.25, 0.3) is 0 Å². The second kappa shape index (κ2) is 4.56. The van der Waals surface area contributed by atoms with Gasteiger partial charge < -0.3 is 5.32 Å². The van der Waals surface area contributed by atoms with Crippen molar-refractivity contribution in [1.29, 1.82) is 0 Å². The minimum atomic E-state index is -3.21. The minimum Gasteiger partial charge on any atom is -0.355 e. The summed E-state index contributed by atoms with van der Waals surface area (Å²) in [6.07, 6.45) is 0. The number of nitrogens with one attached hydrogen (secondary N) is 1. The summed E-state index contributed by atoms with van der Waals surface area (Å²) in [5, 5.41) is 4.16. The molecule has 0 aliphatic heterocycles. The van der Waals surface area contributed by atoms with Gasteiger partial charge in [-0.25, -0.2) is 8.42 Å². The van der Waals surface area contributed by atoms with Crippen molar-refractivity contribution >= 4 is 27.1 Å². The van der Waals surface area contributed by atoms with Gasteiger partial charge in [-0.1, -0.05) is 6.07 Å². The van der Waals surface area contributed by atoms with Crippen LogP contribution in [-0.4, -0.2) is 26.6 Å². The van der Waals surface area contributed by atoms with Crippen LogP contribution < -0.4 is 5.32 Å². The number of rotatable bonds is 4. The molecule has 14 heavy (non-hydrogen) atoms. The number of amides is 1. The molecule has 1 N–H and O–H groups in total. The first-order valence-corrected chi connectivity index (χ1v) is 6.56. The van der Waals surface area contributed by atoms with Crippen LogP contribution in [0.2, 0.25) is 0 Å². The topological polar surface area (TPSA) is 63.2 Å². The Kier molecular flexibility index (Phi) is 3.65. The molecule has 0 saturated heterocycles. The zero-order valence-corrected chi connectivity index (χ0v) is 9.32. The lowest BCUT2D eigenvalue weighted by Crippen LogP contribution is -2.26. The summed E-state index contributed by atoms with van der Waals surface area (Å²) in [6, 6.07) is 3.25. The Balaban J connectivity index is 2.56. The third-order valence-corrected chi connectivity index (χ3v) is 4.75. The zero-order valence-electron chi connectivity index (χ0n) is 7.69. The highest BCUT2D eigenvalue weighted by Crippen LogP contribution is 2.16. The van der Waals surface area contributed by atoms with E-state index in [9.17, 15) is 13.2 Å². The van der Waals surface area contributed by atoms with E-state index in [4.69, 9.17) is 0 Å². The molecule has 0 radical (unpaired) electrons. The van der Waals surface area contributed by atoms with E-state index in [1.165, 1.54) is 18.3 Å². The maximum Gasteiger partial charge on any atom is 0.216 e. The molecule has 1 aromatic heterocycles. The molecule has 0 fully saturated rings. The SMILES string of the molecule is CC(=O)NCCS(=O)(=O)c1cccs1. The molecule has 1 heterocycles. The normalized spacial score (nSPS) is 11.2. The van der Waals surface area contributed by atoms with Crippen molar-refractivity contribution < 1.29 is 13.2 Å². The fourth-order valence-corrected chi connectivity index (χ4v) is 3.21. The molecule has 0 aliphatic carbocycles. The summed E-state index contributed by atoms with van der Waals surface area (Å²) in [4.78, 5) is 10.5. The highest BCUT2D eigenvalue weighted by atomic mass is 32.2. The number of hydrogen-bond donors (Lipinski definition) is 1. The van der Waals surface area contributed by atoms with Gasteiger partial charge in [-0.05, 0) is 11.4 Å². The van der Waals surface area contributed by atoms with Gasteiger partial charge >= 0.3 is 0 Å². The van der Waals surface area contributed by atoms with Crippen LogP contribution in [0.15, 0.2) is 21.7 Å². The van der Waals surface area contributed by atoms with Gasteiger partial charge in [0, 0.05) is 13.5 Å². The fourth-order valence-electron chi connectivity index (χ4n) is 0.902. The Morgan fingerprint density at radius 3 is 2.79 bits per heavy atom. The summed E-state index contributed by atoms with van der Waals surface area (Å²) in [6.45, 7) is 1.52. The number of sulfone groups is 1. The predicted octanol–water partition coefficient (Wildman–Crippen LogP) is 0.658. The number of thiophene rings is 1. The van der Waals surface area contributed by atoms with Gasteiger partial charge in [0.25, 0.3) is 0 Å². The largest absolute Gasteiger partial charge is 0.355 e. The third-order valence-electron chi connectivity index (χ3n) is 1.55. The zero-order chi connectivity index (χ0) is 10.6. The van der Waals surface area contributed by atoms with Gasteiger partial charge in [0.1, 0.15) is 4.21 Å². The van der Waals surface area contributed by atoms with Crippen LogP contribution >= 0.6 is 11.3 Å². The van der Waals surface area contributed by atoms with Crippen LogP contribution in [0.5, 0.6) is 0 Å². The van der Waals surface area contributed by atoms with Gasteiger partial charge in [0.05, 0.1) is 5.75 Å². The van der Waals surface area contributed by atoms with Crippen molar-refractivity contribution in [3.8, 4) is 0 Å². The van der Waals surface area contributed by atoms with Crippen molar-refractivity contribution in [2.24, 2.45) is 0 Å². The van der Waals surface area contributed by atoms with Crippen molar-refractivity contribution in [3.63, 3.8) is 0 Å². The average Bonchev–Trinajstić information content (AvgIpc) is 2.54. The molecule has 4 nitrogen and oxygen atoms in total. The molecule has 0 atom stereocenters. The molecule has 0 unspecified atom stereocenters.